The molecule has 29 heavy (non-hydrogen) atoms. The number of nitrogens with one attached hydrogen (secondary N) is 1. The number of hydrogen-bond acceptors (Lipinski definition) is 3. The number of amides is 1. The fourth-order valence-electron chi connectivity index (χ4n) is 3.47. The summed E-state index contributed by atoms with van der Waals surface area (Å²) in [7, 11) is -3.49. The van der Waals surface area contributed by atoms with E-state index in [9.17, 15) is 13.2 Å². The molecule has 0 radical (unpaired) electrons. The summed E-state index contributed by atoms with van der Waals surface area (Å²) in [6.45, 7) is 4.71. The largest absolute Gasteiger partial charge is 0.353 e. The van der Waals surface area contributed by atoms with Gasteiger partial charge in [0.15, 0.2) is 0 Å². The summed E-state index contributed by atoms with van der Waals surface area (Å²) in [4.78, 5) is 12.6. The lowest BCUT2D eigenvalue weighted by Gasteiger charge is -2.31. The van der Waals surface area contributed by atoms with E-state index in [-0.39, 0.29) is 11.9 Å². The first-order chi connectivity index (χ1) is 13.8. The Bertz CT molecular complexity index is 966. The molecule has 156 valence electrons. The summed E-state index contributed by atoms with van der Waals surface area (Å²) in [6.07, 6.45) is 2.30. The third kappa shape index (κ3) is 5.59. The van der Waals surface area contributed by atoms with Crippen molar-refractivity contribution in [2.45, 2.75) is 50.5 Å². The molecule has 1 fully saturated rings. The molecule has 3 rings (SSSR count). The van der Waals surface area contributed by atoms with E-state index in [2.05, 4.69) is 5.32 Å². The Morgan fingerprint density at radius 1 is 1.07 bits per heavy atom. The Morgan fingerprint density at radius 2 is 1.72 bits per heavy atom. The molecule has 0 atom stereocenters. The lowest BCUT2D eigenvalue weighted by Crippen LogP contribution is -2.46. The first-order valence-electron chi connectivity index (χ1n) is 9.87. The number of carbonyl (C=O) groups is 1. The number of benzene rings is 2. The van der Waals surface area contributed by atoms with Gasteiger partial charge >= 0.3 is 0 Å². The Hall–Kier alpha value is -1.89. The van der Waals surface area contributed by atoms with Crippen molar-refractivity contribution in [1.82, 2.24) is 9.62 Å². The predicted octanol–water partition coefficient (Wildman–Crippen LogP) is 3.86. The summed E-state index contributed by atoms with van der Waals surface area (Å²) in [5, 5.41) is 3.72. The second-order valence-corrected chi connectivity index (χ2v) is 9.99. The van der Waals surface area contributed by atoms with Gasteiger partial charge in [-0.3, -0.25) is 4.79 Å². The molecule has 0 aromatic heterocycles. The molecule has 0 unspecified atom stereocenters. The van der Waals surface area contributed by atoms with Crippen LogP contribution in [0.5, 0.6) is 0 Å². The van der Waals surface area contributed by atoms with E-state index < -0.39 is 10.0 Å². The fourth-order valence-corrected chi connectivity index (χ4v) is 5.15. The number of piperidine rings is 1. The van der Waals surface area contributed by atoms with Gasteiger partial charge in [0.1, 0.15) is 0 Å². The molecule has 1 saturated heterocycles. The van der Waals surface area contributed by atoms with Crippen LogP contribution in [0.25, 0.3) is 0 Å². The normalized spacial score (nSPS) is 16.0. The lowest BCUT2D eigenvalue weighted by atomic mass is 10.1. The quantitative estimate of drug-likeness (QED) is 0.750. The van der Waals surface area contributed by atoms with Gasteiger partial charge in [0.2, 0.25) is 15.9 Å². The maximum absolute atomic E-state index is 12.9. The summed E-state index contributed by atoms with van der Waals surface area (Å²) in [5.74, 6) is -0.00424. The molecule has 0 spiro atoms. The second kappa shape index (κ2) is 9.28. The van der Waals surface area contributed by atoms with Gasteiger partial charge in [0.05, 0.1) is 4.90 Å². The molecule has 1 heterocycles. The number of nitrogens with zero attached hydrogens (tertiary/aromatic N) is 1. The van der Waals surface area contributed by atoms with Crippen LogP contribution < -0.4 is 5.32 Å². The van der Waals surface area contributed by atoms with E-state index in [4.69, 9.17) is 11.6 Å². The summed E-state index contributed by atoms with van der Waals surface area (Å²) >= 11 is 5.87. The van der Waals surface area contributed by atoms with Crippen molar-refractivity contribution >= 4 is 27.5 Å². The Morgan fingerprint density at radius 3 is 2.34 bits per heavy atom. The zero-order valence-corrected chi connectivity index (χ0v) is 18.4. The average Bonchev–Trinajstić information content (AvgIpc) is 2.70. The molecule has 1 aliphatic rings. The molecule has 2 aromatic rings. The number of sulfonamides is 1. The number of aryl methyl sites for hydroxylation is 3. The third-order valence-electron chi connectivity index (χ3n) is 5.49. The van der Waals surface area contributed by atoms with E-state index in [0.717, 1.165) is 16.7 Å². The molecule has 2 aromatic carbocycles. The average molecular weight is 435 g/mol. The summed E-state index contributed by atoms with van der Waals surface area (Å²) in [5.41, 5.74) is 3.11. The highest BCUT2D eigenvalue weighted by Gasteiger charge is 2.30. The molecule has 5 nitrogen and oxygen atoms in total. The fraction of sp³-hybridized carbons (Fsp3) is 0.409. The maximum atomic E-state index is 12.9. The predicted molar refractivity (Wildman–Crippen MR) is 116 cm³/mol. The first-order valence-corrected chi connectivity index (χ1v) is 11.7. The van der Waals surface area contributed by atoms with Crippen molar-refractivity contribution in [3.8, 4) is 0 Å². The summed E-state index contributed by atoms with van der Waals surface area (Å²) < 4.78 is 27.3. The van der Waals surface area contributed by atoms with E-state index >= 15 is 0 Å². The highest BCUT2D eigenvalue weighted by molar-refractivity contribution is 7.89. The van der Waals surface area contributed by atoms with Gasteiger partial charge in [-0.15, -0.1) is 0 Å². The van der Waals surface area contributed by atoms with Crippen LogP contribution in [0, 0.1) is 13.8 Å². The first kappa shape index (κ1) is 21.8. The van der Waals surface area contributed by atoms with Crippen LogP contribution in [-0.4, -0.2) is 37.8 Å². The minimum absolute atomic E-state index is 0.00424. The van der Waals surface area contributed by atoms with E-state index in [0.29, 0.717) is 48.7 Å². The molecular weight excluding hydrogens is 408 g/mol. The van der Waals surface area contributed by atoms with Crippen molar-refractivity contribution in [2.24, 2.45) is 0 Å². The van der Waals surface area contributed by atoms with Gasteiger partial charge in [-0.25, -0.2) is 8.42 Å². The zero-order valence-electron chi connectivity index (χ0n) is 16.8. The standard InChI is InChI=1S/C22H27ClN2O3S/c1-16-3-9-21(15-17(16)2)29(27,28)25-13-11-20(12-14-25)24-22(26)10-6-18-4-7-19(23)8-5-18/h3-5,7-9,15,20H,6,10-14H2,1-2H3,(H,24,26). The number of rotatable bonds is 6. The van der Waals surface area contributed by atoms with Crippen molar-refractivity contribution in [3.05, 3.63) is 64.2 Å². The maximum Gasteiger partial charge on any atom is 0.243 e. The van der Waals surface area contributed by atoms with Gasteiger partial charge in [-0.2, -0.15) is 4.31 Å². The van der Waals surface area contributed by atoms with Crippen LogP contribution in [0.4, 0.5) is 0 Å². The van der Waals surface area contributed by atoms with Crippen molar-refractivity contribution in [3.63, 3.8) is 0 Å². The molecule has 0 saturated carbocycles. The smallest absolute Gasteiger partial charge is 0.243 e. The highest BCUT2D eigenvalue weighted by atomic mass is 35.5. The molecular formula is C22H27ClN2O3S. The van der Waals surface area contributed by atoms with Gasteiger partial charge in [0.25, 0.3) is 0 Å². The van der Waals surface area contributed by atoms with Gasteiger partial charge < -0.3 is 5.32 Å². The van der Waals surface area contributed by atoms with Crippen molar-refractivity contribution < 1.29 is 13.2 Å². The molecule has 1 aliphatic heterocycles. The molecule has 7 heteroatoms. The number of halogens is 1. The lowest BCUT2D eigenvalue weighted by molar-refractivity contribution is -0.122. The van der Waals surface area contributed by atoms with Crippen LogP contribution in [0.1, 0.15) is 36.0 Å². The van der Waals surface area contributed by atoms with Crippen LogP contribution in [0.3, 0.4) is 0 Å². The van der Waals surface area contributed by atoms with Crippen LogP contribution in [0.15, 0.2) is 47.4 Å². The molecule has 1 amide bonds. The topological polar surface area (TPSA) is 66.5 Å². The van der Waals surface area contributed by atoms with Crippen LogP contribution >= 0.6 is 11.6 Å². The number of carbonyl (C=O) groups excluding carboxylic acids is 1. The highest BCUT2D eigenvalue weighted by Crippen LogP contribution is 2.23. The molecule has 0 aliphatic carbocycles. The molecule has 1 N–H and O–H groups in total. The van der Waals surface area contributed by atoms with E-state index in [1.54, 1.807) is 12.1 Å². The Kier molecular flexibility index (Phi) is 6.98. The van der Waals surface area contributed by atoms with Crippen LogP contribution in [-0.2, 0) is 21.2 Å². The monoisotopic (exact) mass is 434 g/mol. The number of hydrogen-bond donors (Lipinski definition) is 1. The van der Waals surface area contributed by atoms with Gasteiger partial charge in [-0.05, 0) is 74.1 Å². The van der Waals surface area contributed by atoms with E-state index in [1.165, 1.54) is 4.31 Å². The minimum Gasteiger partial charge on any atom is -0.353 e. The van der Waals surface area contributed by atoms with Crippen molar-refractivity contribution in [2.75, 3.05) is 13.1 Å². The minimum atomic E-state index is -3.49. The third-order valence-corrected chi connectivity index (χ3v) is 7.64. The second-order valence-electron chi connectivity index (χ2n) is 7.62. The van der Waals surface area contributed by atoms with Crippen LogP contribution in [0.2, 0.25) is 5.02 Å². The zero-order chi connectivity index (χ0) is 21.0. The van der Waals surface area contributed by atoms with Gasteiger partial charge in [0, 0.05) is 30.6 Å². The van der Waals surface area contributed by atoms with Crippen molar-refractivity contribution in [1.29, 1.82) is 0 Å². The van der Waals surface area contributed by atoms with E-state index in [1.807, 2.05) is 44.2 Å². The Balaban J connectivity index is 1.50. The van der Waals surface area contributed by atoms with Gasteiger partial charge in [-0.1, -0.05) is 29.8 Å². The summed E-state index contributed by atoms with van der Waals surface area (Å²) in [6, 6.07) is 12.7. The Labute approximate surface area is 178 Å². The molecule has 0 bridgehead atoms. The SMILES string of the molecule is Cc1ccc(S(=O)(=O)N2CCC(NC(=O)CCc3ccc(Cl)cc3)CC2)cc1C.